The van der Waals surface area contributed by atoms with Crippen LogP contribution in [0, 0.1) is 6.92 Å². The van der Waals surface area contributed by atoms with E-state index >= 15 is 0 Å². The Bertz CT molecular complexity index is 1370. The minimum atomic E-state index is -3.69. The van der Waals surface area contributed by atoms with Gasteiger partial charge in [0.2, 0.25) is 15.8 Å². The second kappa shape index (κ2) is 7.09. The zero-order chi connectivity index (χ0) is 20.8. The molecule has 0 radical (unpaired) electrons. The Balaban J connectivity index is 1.84. The standard InChI is InChI=1S/C20H21N5O3S/c1-4-24-19(26)16-7-5-6-8-17(16)25-18(21-22-20(24)25)13-23(3)29(27,28)15-11-9-14(2)10-12-15/h5-12H,4,13H2,1-3H3. The van der Waals surface area contributed by atoms with Crippen molar-refractivity contribution in [1.29, 1.82) is 0 Å². The highest BCUT2D eigenvalue weighted by Crippen LogP contribution is 2.19. The third kappa shape index (κ3) is 3.12. The van der Waals surface area contributed by atoms with E-state index in [4.69, 9.17) is 0 Å². The fourth-order valence-electron chi connectivity index (χ4n) is 3.38. The van der Waals surface area contributed by atoms with Crippen LogP contribution < -0.4 is 5.56 Å². The SMILES string of the molecule is CCn1c(=O)c2ccccc2n2c(CN(C)S(=O)(=O)c3ccc(C)cc3)nnc12. The highest BCUT2D eigenvalue weighted by molar-refractivity contribution is 7.89. The molecule has 0 saturated carbocycles. The smallest absolute Gasteiger partial charge is 0.262 e. The van der Waals surface area contributed by atoms with Gasteiger partial charge in [0.25, 0.3) is 5.56 Å². The van der Waals surface area contributed by atoms with Gasteiger partial charge in [-0.1, -0.05) is 29.8 Å². The largest absolute Gasteiger partial charge is 0.277 e. The molecule has 0 bridgehead atoms. The Morgan fingerprint density at radius 3 is 2.41 bits per heavy atom. The lowest BCUT2D eigenvalue weighted by Crippen LogP contribution is -2.28. The predicted octanol–water partition coefficient (Wildman–Crippen LogP) is 2.19. The number of sulfonamides is 1. The summed E-state index contributed by atoms with van der Waals surface area (Å²) in [5.74, 6) is 0.837. The number of hydrogen-bond donors (Lipinski definition) is 0. The van der Waals surface area contributed by atoms with Crippen LogP contribution in [0.5, 0.6) is 0 Å². The highest BCUT2D eigenvalue weighted by atomic mass is 32.2. The molecule has 0 spiro atoms. The van der Waals surface area contributed by atoms with E-state index < -0.39 is 10.0 Å². The quantitative estimate of drug-likeness (QED) is 0.502. The van der Waals surface area contributed by atoms with Gasteiger partial charge in [0.05, 0.1) is 22.3 Å². The van der Waals surface area contributed by atoms with Crippen LogP contribution in [0.15, 0.2) is 58.2 Å². The topological polar surface area (TPSA) is 89.6 Å². The molecule has 8 nitrogen and oxygen atoms in total. The zero-order valence-electron chi connectivity index (χ0n) is 16.4. The van der Waals surface area contributed by atoms with Crippen LogP contribution in [-0.2, 0) is 23.1 Å². The highest BCUT2D eigenvalue weighted by Gasteiger charge is 2.24. The molecule has 4 rings (SSSR count). The number of benzene rings is 2. The van der Waals surface area contributed by atoms with Gasteiger partial charge in [-0.25, -0.2) is 8.42 Å². The van der Waals surface area contributed by atoms with Crippen LogP contribution in [0.3, 0.4) is 0 Å². The molecule has 0 aliphatic heterocycles. The van der Waals surface area contributed by atoms with Gasteiger partial charge in [-0.05, 0) is 38.1 Å². The molecule has 0 N–H and O–H groups in total. The van der Waals surface area contributed by atoms with E-state index in [1.165, 1.54) is 15.9 Å². The van der Waals surface area contributed by atoms with Gasteiger partial charge in [0, 0.05) is 13.6 Å². The summed E-state index contributed by atoms with van der Waals surface area (Å²) < 4.78 is 30.4. The van der Waals surface area contributed by atoms with E-state index in [0.29, 0.717) is 29.0 Å². The average molecular weight is 411 g/mol. The van der Waals surface area contributed by atoms with Crippen molar-refractivity contribution in [3.05, 3.63) is 70.3 Å². The van der Waals surface area contributed by atoms with Crippen molar-refractivity contribution in [2.24, 2.45) is 0 Å². The number of para-hydroxylation sites is 1. The maximum atomic E-state index is 13.0. The molecule has 0 aliphatic carbocycles. The van der Waals surface area contributed by atoms with Gasteiger partial charge in [0.1, 0.15) is 0 Å². The Labute approximate surface area is 168 Å². The molecule has 9 heteroatoms. The van der Waals surface area contributed by atoms with Crippen LogP contribution >= 0.6 is 0 Å². The molecule has 2 aromatic carbocycles. The molecule has 4 aromatic rings. The summed E-state index contributed by atoms with van der Waals surface area (Å²) in [6.45, 7) is 4.21. The second-order valence-electron chi connectivity index (χ2n) is 6.89. The third-order valence-corrected chi connectivity index (χ3v) is 6.80. The summed E-state index contributed by atoms with van der Waals surface area (Å²) in [7, 11) is -2.19. The summed E-state index contributed by atoms with van der Waals surface area (Å²) in [4.78, 5) is 13.0. The number of fused-ring (bicyclic) bond motifs is 3. The first-order valence-electron chi connectivity index (χ1n) is 9.23. The van der Waals surface area contributed by atoms with Gasteiger partial charge < -0.3 is 0 Å². The Morgan fingerprint density at radius 2 is 1.72 bits per heavy atom. The van der Waals surface area contributed by atoms with Crippen LogP contribution in [0.4, 0.5) is 0 Å². The minimum Gasteiger partial charge on any atom is -0.277 e. The summed E-state index contributed by atoms with van der Waals surface area (Å²) in [5, 5.41) is 8.91. The number of hydrogen-bond acceptors (Lipinski definition) is 5. The van der Waals surface area contributed by atoms with Crippen molar-refractivity contribution in [3.63, 3.8) is 0 Å². The number of aromatic nitrogens is 4. The molecule has 2 heterocycles. The molecule has 0 amide bonds. The van der Waals surface area contributed by atoms with E-state index in [1.807, 2.05) is 26.0 Å². The number of aryl methyl sites for hydroxylation is 2. The van der Waals surface area contributed by atoms with Crippen LogP contribution in [0.2, 0.25) is 0 Å². The summed E-state index contributed by atoms with van der Waals surface area (Å²) in [6.07, 6.45) is 0. The minimum absolute atomic E-state index is 0.0172. The van der Waals surface area contributed by atoms with E-state index in [9.17, 15) is 13.2 Å². The molecule has 0 aliphatic rings. The molecule has 0 atom stereocenters. The van der Waals surface area contributed by atoms with Gasteiger partial charge in [-0.3, -0.25) is 13.8 Å². The van der Waals surface area contributed by atoms with Crippen LogP contribution in [0.1, 0.15) is 18.3 Å². The number of nitrogens with zero attached hydrogens (tertiary/aromatic N) is 5. The van der Waals surface area contributed by atoms with Crippen molar-refractivity contribution in [1.82, 2.24) is 23.5 Å². The Hall–Kier alpha value is -3.04. The fourth-order valence-corrected chi connectivity index (χ4v) is 4.50. The van der Waals surface area contributed by atoms with E-state index in [0.717, 1.165) is 5.56 Å². The Morgan fingerprint density at radius 1 is 1.03 bits per heavy atom. The zero-order valence-corrected chi connectivity index (χ0v) is 17.2. The normalized spacial score (nSPS) is 12.3. The van der Waals surface area contributed by atoms with Crippen molar-refractivity contribution >= 4 is 26.7 Å². The van der Waals surface area contributed by atoms with Crippen LogP contribution in [-0.4, -0.2) is 38.9 Å². The van der Waals surface area contributed by atoms with Crippen molar-refractivity contribution < 1.29 is 8.42 Å². The van der Waals surface area contributed by atoms with Crippen molar-refractivity contribution in [2.75, 3.05) is 7.05 Å². The third-order valence-electron chi connectivity index (χ3n) is 4.98. The maximum absolute atomic E-state index is 13.0. The molecule has 0 fully saturated rings. The van der Waals surface area contributed by atoms with Crippen molar-refractivity contribution in [3.8, 4) is 0 Å². The Kier molecular flexibility index (Phi) is 4.71. The van der Waals surface area contributed by atoms with Gasteiger partial charge in [-0.2, -0.15) is 4.31 Å². The monoisotopic (exact) mass is 411 g/mol. The van der Waals surface area contributed by atoms with Gasteiger partial charge >= 0.3 is 0 Å². The molecule has 29 heavy (non-hydrogen) atoms. The van der Waals surface area contributed by atoms with E-state index in [2.05, 4.69) is 10.2 Å². The second-order valence-corrected chi connectivity index (χ2v) is 8.94. The molecule has 0 unspecified atom stereocenters. The lowest BCUT2D eigenvalue weighted by molar-refractivity contribution is 0.455. The van der Waals surface area contributed by atoms with Crippen molar-refractivity contribution in [2.45, 2.75) is 31.8 Å². The van der Waals surface area contributed by atoms with E-state index in [-0.39, 0.29) is 17.0 Å². The maximum Gasteiger partial charge on any atom is 0.262 e. The first-order valence-corrected chi connectivity index (χ1v) is 10.7. The lowest BCUT2D eigenvalue weighted by Gasteiger charge is -2.17. The molecular weight excluding hydrogens is 390 g/mol. The number of rotatable bonds is 5. The first kappa shape index (κ1) is 19.3. The van der Waals surface area contributed by atoms with Crippen LogP contribution in [0.25, 0.3) is 16.7 Å². The molecular formula is C20H21N5O3S. The van der Waals surface area contributed by atoms with Gasteiger partial charge in [-0.15, -0.1) is 10.2 Å². The average Bonchev–Trinajstić information content (AvgIpc) is 3.12. The molecule has 150 valence electrons. The molecule has 0 saturated heterocycles. The fraction of sp³-hybridized carbons (Fsp3) is 0.250. The first-order chi connectivity index (χ1) is 13.8. The van der Waals surface area contributed by atoms with Gasteiger partial charge in [0.15, 0.2) is 5.82 Å². The van der Waals surface area contributed by atoms with E-state index in [1.54, 1.807) is 40.8 Å². The summed E-state index contributed by atoms with van der Waals surface area (Å²) in [6, 6.07) is 13.9. The molecule has 2 aromatic heterocycles. The predicted molar refractivity (Wildman–Crippen MR) is 110 cm³/mol. The summed E-state index contributed by atoms with van der Waals surface area (Å²) >= 11 is 0. The lowest BCUT2D eigenvalue weighted by atomic mass is 10.2. The summed E-state index contributed by atoms with van der Waals surface area (Å²) in [5.41, 5.74) is 1.49.